The van der Waals surface area contributed by atoms with E-state index >= 15 is 0 Å². The molecule has 0 atom stereocenters. The SMILES string of the molecule is CCCC(CCC)(C(=O)Nc1ccc(C)nc1C)C(N)=S. The second kappa shape index (κ2) is 7.50. The van der Waals surface area contributed by atoms with Gasteiger partial charge in [-0.3, -0.25) is 9.78 Å². The third-order valence-corrected chi connectivity index (χ3v) is 4.12. The summed E-state index contributed by atoms with van der Waals surface area (Å²) in [7, 11) is 0. The number of thiocarbonyl (C=S) groups is 1. The number of rotatable bonds is 7. The summed E-state index contributed by atoms with van der Waals surface area (Å²) in [5, 5.41) is 2.96. The first-order valence-corrected chi connectivity index (χ1v) is 7.83. The molecule has 3 N–H and O–H groups in total. The highest BCUT2D eigenvalue weighted by Gasteiger charge is 2.40. The van der Waals surface area contributed by atoms with Gasteiger partial charge >= 0.3 is 0 Å². The van der Waals surface area contributed by atoms with Crippen molar-refractivity contribution in [3.63, 3.8) is 0 Å². The van der Waals surface area contributed by atoms with Crippen LogP contribution in [0.5, 0.6) is 0 Å². The van der Waals surface area contributed by atoms with Crippen LogP contribution in [-0.4, -0.2) is 15.9 Å². The van der Waals surface area contributed by atoms with Gasteiger partial charge in [-0.15, -0.1) is 0 Å². The van der Waals surface area contributed by atoms with Crippen molar-refractivity contribution in [1.29, 1.82) is 0 Å². The molecule has 0 aromatic carbocycles. The number of carbonyl (C=O) groups is 1. The Morgan fingerprint density at radius 2 is 1.86 bits per heavy atom. The van der Waals surface area contributed by atoms with Crippen LogP contribution in [0.1, 0.15) is 50.9 Å². The number of carbonyl (C=O) groups excluding carboxylic acids is 1. The van der Waals surface area contributed by atoms with Crippen LogP contribution in [0, 0.1) is 19.3 Å². The Balaban J connectivity index is 3.08. The lowest BCUT2D eigenvalue weighted by atomic mass is 9.78. The number of pyridine rings is 1. The maximum absolute atomic E-state index is 12.8. The van der Waals surface area contributed by atoms with Crippen molar-refractivity contribution in [2.45, 2.75) is 53.4 Å². The van der Waals surface area contributed by atoms with E-state index in [-0.39, 0.29) is 10.9 Å². The van der Waals surface area contributed by atoms with Crippen molar-refractivity contribution in [2.75, 3.05) is 5.32 Å². The summed E-state index contributed by atoms with van der Waals surface area (Å²) in [6, 6.07) is 3.75. The van der Waals surface area contributed by atoms with E-state index in [4.69, 9.17) is 18.0 Å². The molecule has 0 aliphatic carbocycles. The molecule has 0 aliphatic rings. The van der Waals surface area contributed by atoms with E-state index < -0.39 is 5.41 Å². The van der Waals surface area contributed by atoms with Gasteiger partial charge in [-0.25, -0.2) is 0 Å². The summed E-state index contributed by atoms with van der Waals surface area (Å²) in [4.78, 5) is 17.4. The average Bonchev–Trinajstić information content (AvgIpc) is 2.41. The predicted octanol–water partition coefficient (Wildman–Crippen LogP) is 3.51. The molecular weight excluding hydrogens is 282 g/mol. The number of nitrogens with zero attached hydrogens (tertiary/aromatic N) is 1. The molecule has 1 rings (SSSR count). The lowest BCUT2D eigenvalue weighted by Crippen LogP contribution is -2.46. The molecule has 1 amide bonds. The lowest BCUT2D eigenvalue weighted by Gasteiger charge is -2.31. The van der Waals surface area contributed by atoms with Gasteiger partial charge in [-0.2, -0.15) is 0 Å². The molecule has 0 unspecified atom stereocenters. The van der Waals surface area contributed by atoms with Crippen LogP contribution in [0.25, 0.3) is 0 Å². The molecule has 0 aliphatic heterocycles. The number of anilines is 1. The number of hydrogen-bond acceptors (Lipinski definition) is 3. The Labute approximate surface area is 132 Å². The van der Waals surface area contributed by atoms with Gasteiger partial charge in [-0.05, 0) is 38.8 Å². The Hall–Kier alpha value is -1.49. The minimum Gasteiger partial charge on any atom is -0.392 e. The summed E-state index contributed by atoms with van der Waals surface area (Å²) in [6.07, 6.45) is 3.05. The molecule has 0 saturated carbocycles. The lowest BCUT2D eigenvalue weighted by molar-refractivity contribution is -0.122. The zero-order valence-electron chi connectivity index (χ0n) is 13.3. The first-order chi connectivity index (χ1) is 9.87. The quantitative estimate of drug-likeness (QED) is 0.756. The van der Waals surface area contributed by atoms with Gasteiger partial charge < -0.3 is 11.1 Å². The van der Waals surface area contributed by atoms with Crippen LogP contribution in [-0.2, 0) is 4.79 Å². The van der Waals surface area contributed by atoms with E-state index in [1.54, 1.807) is 0 Å². The first-order valence-electron chi connectivity index (χ1n) is 7.43. The summed E-state index contributed by atoms with van der Waals surface area (Å²) in [5.41, 5.74) is 7.59. The number of nitrogens with one attached hydrogen (secondary N) is 1. The molecule has 116 valence electrons. The third-order valence-electron chi connectivity index (χ3n) is 3.73. The van der Waals surface area contributed by atoms with E-state index in [0.717, 1.165) is 29.9 Å². The fourth-order valence-electron chi connectivity index (χ4n) is 2.62. The molecule has 0 bridgehead atoms. The van der Waals surface area contributed by atoms with Crippen molar-refractivity contribution in [1.82, 2.24) is 4.98 Å². The minimum absolute atomic E-state index is 0.118. The van der Waals surface area contributed by atoms with Gasteiger partial charge in [0.1, 0.15) is 0 Å². The van der Waals surface area contributed by atoms with E-state index in [1.165, 1.54) is 0 Å². The fourth-order valence-corrected chi connectivity index (χ4v) is 2.92. The highest BCUT2D eigenvalue weighted by molar-refractivity contribution is 7.80. The zero-order valence-corrected chi connectivity index (χ0v) is 14.1. The molecule has 0 spiro atoms. The Morgan fingerprint density at radius 1 is 1.29 bits per heavy atom. The average molecular weight is 307 g/mol. The smallest absolute Gasteiger partial charge is 0.237 e. The van der Waals surface area contributed by atoms with Crippen LogP contribution in [0.4, 0.5) is 5.69 Å². The molecule has 0 fully saturated rings. The highest BCUT2D eigenvalue weighted by Crippen LogP contribution is 2.32. The normalized spacial score (nSPS) is 11.2. The van der Waals surface area contributed by atoms with E-state index in [1.807, 2.05) is 39.8 Å². The van der Waals surface area contributed by atoms with Crippen LogP contribution in [0.15, 0.2) is 12.1 Å². The van der Waals surface area contributed by atoms with Crippen molar-refractivity contribution in [3.05, 3.63) is 23.5 Å². The molecular formula is C16H25N3OS. The number of amides is 1. The number of hydrogen-bond donors (Lipinski definition) is 2. The minimum atomic E-state index is -0.768. The van der Waals surface area contributed by atoms with Crippen molar-refractivity contribution >= 4 is 28.8 Å². The second-order valence-electron chi connectivity index (χ2n) is 5.49. The molecule has 1 heterocycles. The zero-order chi connectivity index (χ0) is 16.0. The van der Waals surface area contributed by atoms with Gasteiger partial charge in [-0.1, -0.05) is 38.9 Å². The summed E-state index contributed by atoms with van der Waals surface area (Å²) in [5.74, 6) is -0.118. The van der Waals surface area contributed by atoms with Gasteiger partial charge in [0.25, 0.3) is 0 Å². The largest absolute Gasteiger partial charge is 0.392 e. The van der Waals surface area contributed by atoms with Gasteiger partial charge in [0.05, 0.1) is 21.8 Å². The molecule has 0 saturated heterocycles. The number of aryl methyl sites for hydroxylation is 2. The maximum atomic E-state index is 12.8. The molecule has 0 radical (unpaired) electrons. The van der Waals surface area contributed by atoms with E-state index in [2.05, 4.69) is 10.3 Å². The summed E-state index contributed by atoms with van der Waals surface area (Å²) in [6.45, 7) is 7.88. The molecule has 5 heteroatoms. The van der Waals surface area contributed by atoms with E-state index in [0.29, 0.717) is 12.8 Å². The van der Waals surface area contributed by atoms with Crippen molar-refractivity contribution in [3.8, 4) is 0 Å². The van der Waals surface area contributed by atoms with Gasteiger partial charge in [0.2, 0.25) is 5.91 Å². The molecule has 4 nitrogen and oxygen atoms in total. The summed E-state index contributed by atoms with van der Waals surface area (Å²) >= 11 is 5.21. The Bertz CT molecular complexity index is 522. The maximum Gasteiger partial charge on any atom is 0.237 e. The first kappa shape index (κ1) is 17.6. The van der Waals surface area contributed by atoms with Crippen LogP contribution in [0.3, 0.4) is 0 Å². The second-order valence-corrected chi connectivity index (χ2v) is 5.93. The topological polar surface area (TPSA) is 68.0 Å². The highest BCUT2D eigenvalue weighted by atomic mass is 32.1. The fraction of sp³-hybridized carbons (Fsp3) is 0.562. The summed E-state index contributed by atoms with van der Waals surface area (Å²) < 4.78 is 0. The number of nitrogens with two attached hydrogens (primary N) is 1. The Kier molecular flexibility index (Phi) is 6.27. The molecule has 1 aromatic rings. The van der Waals surface area contributed by atoms with Crippen LogP contribution in [0.2, 0.25) is 0 Å². The predicted molar refractivity (Wildman–Crippen MR) is 91.4 cm³/mol. The van der Waals surface area contributed by atoms with Crippen molar-refractivity contribution < 1.29 is 4.79 Å². The number of aromatic nitrogens is 1. The third kappa shape index (κ3) is 4.00. The van der Waals surface area contributed by atoms with Crippen LogP contribution >= 0.6 is 12.2 Å². The van der Waals surface area contributed by atoms with E-state index in [9.17, 15) is 4.79 Å². The van der Waals surface area contributed by atoms with Gasteiger partial charge in [0.15, 0.2) is 0 Å². The Morgan fingerprint density at radius 3 is 2.29 bits per heavy atom. The molecule has 21 heavy (non-hydrogen) atoms. The molecule has 1 aromatic heterocycles. The monoisotopic (exact) mass is 307 g/mol. The van der Waals surface area contributed by atoms with Crippen molar-refractivity contribution in [2.24, 2.45) is 11.1 Å². The van der Waals surface area contributed by atoms with Gasteiger partial charge in [0, 0.05) is 5.69 Å². The standard InChI is InChI=1S/C16H25N3OS/c1-5-9-16(10-6-2,14(17)21)15(20)19-13-8-7-11(3)18-12(13)4/h7-8H,5-6,9-10H2,1-4H3,(H2,17,21)(H,19,20). The van der Waals surface area contributed by atoms with Crippen LogP contribution < -0.4 is 11.1 Å².